The number of nitrogen functional groups attached to an aromatic ring is 1. The molecule has 0 saturated carbocycles. The van der Waals surface area contributed by atoms with Crippen molar-refractivity contribution in [1.82, 2.24) is 4.98 Å². The van der Waals surface area contributed by atoms with E-state index in [0.717, 1.165) is 16.6 Å². The summed E-state index contributed by atoms with van der Waals surface area (Å²) in [5.41, 5.74) is 8.12. The lowest BCUT2D eigenvalue weighted by molar-refractivity contribution is 0.633. The Bertz CT molecular complexity index is 735. The fourth-order valence-corrected chi connectivity index (χ4v) is 2.00. The van der Waals surface area contributed by atoms with Gasteiger partial charge < -0.3 is 11.1 Å². The molecule has 3 rings (SSSR count). The lowest BCUT2D eigenvalue weighted by Gasteiger charge is -2.11. The van der Waals surface area contributed by atoms with E-state index >= 15 is 0 Å². The van der Waals surface area contributed by atoms with Crippen molar-refractivity contribution in [2.45, 2.75) is 0 Å². The molecule has 0 amide bonds. The molecule has 0 unspecified atom stereocenters. The van der Waals surface area contributed by atoms with E-state index < -0.39 is 5.82 Å². The van der Waals surface area contributed by atoms with Crippen molar-refractivity contribution >= 4 is 28.0 Å². The van der Waals surface area contributed by atoms with Gasteiger partial charge in [-0.05, 0) is 36.4 Å². The van der Waals surface area contributed by atoms with Gasteiger partial charge in [0.1, 0.15) is 5.82 Å². The Kier molecular flexibility index (Phi) is 2.76. The van der Waals surface area contributed by atoms with Crippen LogP contribution in [0.5, 0.6) is 0 Å². The Balaban J connectivity index is 2.09. The summed E-state index contributed by atoms with van der Waals surface area (Å²) in [7, 11) is 0. The third-order valence-electron chi connectivity index (χ3n) is 2.97. The van der Waals surface area contributed by atoms with Crippen molar-refractivity contribution < 1.29 is 4.39 Å². The van der Waals surface area contributed by atoms with E-state index in [4.69, 9.17) is 5.73 Å². The van der Waals surface area contributed by atoms with Gasteiger partial charge in [0, 0.05) is 17.3 Å². The highest BCUT2D eigenvalue weighted by molar-refractivity contribution is 5.94. The van der Waals surface area contributed by atoms with E-state index in [-0.39, 0.29) is 5.69 Å². The van der Waals surface area contributed by atoms with Gasteiger partial charge >= 0.3 is 0 Å². The number of pyridine rings is 1. The van der Waals surface area contributed by atoms with Crippen molar-refractivity contribution in [3.05, 3.63) is 60.5 Å². The highest BCUT2D eigenvalue weighted by Crippen LogP contribution is 2.29. The molecular weight excluding hydrogens is 241 g/mol. The van der Waals surface area contributed by atoms with E-state index in [1.165, 1.54) is 6.07 Å². The second-order valence-corrected chi connectivity index (χ2v) is 4.20. The number of anilines is 3. The molecule has 0 aliphatic heterocycles. The number of hydrogen-bond acceptors (Lipinski definition) is 3. The SMILES string of the molecule is Nc1c(F)cccc1Nc1cccc2ncccc12. The van der Waals surface area contributed by atoms with Crippen LogP contribution in [0.3, 0.4) is 0 Å². The van der Waals surface area contributed by atoms with Gasteiger partial charge in [0.2, 0.25) is 0 Å². The molecule has 1 heterocycles. The van der Waals surface area contributed by atoms with Crippen LogP contribution in [-0.4, -0.2) is 4.98 Å². The summed E-state index contributed by atoms with van der Waals surface area (Å²) in [5.74, 6) is -0.427. The van der Waals surface area contributed by atoms with Crippen molar-refractivity contribution in [3.8, 4) is 0 Å². The first-order chi connectivity index (χ1) is 9.25. The van der Waals surface area contributed by atoms with Gasteiger partial charge in [-0.2, -0.15) is 0 Å². The molecule has 0 atom stereocenters. The highest BCUT2D eigenvalue weighted by Gasteiger charge is 2.06. The lowest BCUT2D eigenvalue weighted by Crippen LogP contribution is -1.99. The molecule has 3 aromatic rings. The van der Waals surface area contributed by atoms with E-state index in [1.807, 2.05) is 30.3 Å². The zero-order valence-electron chi connectivity index (χ0n) is 10.1. The molecule has 2 aromatic carbocycles. The average molecular weight is 253 g/mol. The van der Waals surface area contributed by atoms with E-state index in [1.54, 1.807) is 18.3 Å². The van der Waals surface area contributed by atoms with Gasteiger partial charge in [-0.3, -0.25) is 4.98 Å². The van der Waals surface area contributed by atoms with Crippen LogP contribution in [0.2, 0.25) is 0 Å². The summed E-state index contributed by atoms with van der Waals surface area (Å²) >= 11 is 0. The number of halogens is 1. The highest BCUT2D eigenvalue weighted by atomic mass is 19.1. The Morgan fingerprint density at radius 2 is 1.74 bits per heavy atom. The number of nitrogens with two attached hydrogens (primary N) is 1. The minimum atomic E-state index is -0.427. The van der Waals surface area contributed by atoms with Crippen LogP contribution in [0.15, 0.2) is 54.7 Å². The van der Waals surface area contributed by atoms with Crippen molar-refractivity contribution in [2.24, 2.45) is 0 Å². The Hall–Kier alpha value is -2.62. The van der Waals surface area contributed by atoms with Crippen molar-refractivity contribution in [1.29, 1.82) is 0 Å². The molecule has 94 valence electrons. The van der Waals surface area contributed by atoms with Crippen molar-refractivity contribution in [3.63, 3.8) is 0 Å². The van der Waals surface area contributed by atoms with E-state index in [0.29, 0.717) is 5.69 Å². The summed E-state index contributed by atoms with van der Waals surface area (Å²) in [6.45, 7) is 0. The first-order valence-corrected chi connectivity index (χ1v) is 5.90. The van der Waals surface area contributed by atoms with Gasteiger partial charge in [0.05, 0.1) is 16.9 Å². The Morgan fingerprint density at radius 3 is 2.63 bits per heavy atom. The van der Waals surface area contributed by atoms with Gasteiger partial charge in [0.15, 0.2) is 0 Å². The molecule has 0 fully saturated rings. The van der Waals surface area contributed by atoms with Crippen LogP contribution < -0.4 is 11.1 Å². The van der Waals surface area contributed by atoms with Crippen LogP contribution in [0.4, 0.5) is 21.5 Å². The number of fused-ring (bicyclic) bond motifs is 1. The van der Waals surface area contributed by atoms with Crippen LogP contribution in [-0.2, 0) is 0 Å². The van der Waals surface area contributed by atoms with Gasteiger partial charge in [-0.15, -0.1) is 0 Å². The largest absolute Gasteiger partial charge is 0.395 e. The molecule has 0 spiro atoms. The second kappa shape index (κ2) is 4.57. The fraction of sp³-hybridized carbons (Fsp3) is 0. The molecule has 4 heteroatoms. The van der Waals surface area contributed by atoms with Gasteiger partial charge in [-0.25, -0.2) is 4.39 Å². The summed E-state index contributed by atoms with van der Waals surface area (Å²) in [4.78, 5) is 4.28. The van der Waals surface area contributed by atoms with Crippen LogP contribution in [0.1, 0.15) is 0 Å². The molecule has 0 aliphatic carbocycles. The van der Waals surface area contributed by atoms with Crippen molar-refractivity contribution in [2.75, 3.05) is 11.1 Å². The molecule has 1 aromatic heterocycles. The smallest absolute Gasteiger partial charge is 0.148 e. The number of aromatic nitrogens is 1. The lowest BCUT2D eigenvalue weighted by atomic mass is 10.1. The average Bonchev–Trinajstić information content (AvgIpc) is 2.44. The fourth-order valence-electron chi connectivity index (χ4n) is 2.00. The number of benzene rings is 2. The first kappa shape index (κ1) is 11.5. The topological polar surface area (TPSA) is 50.9 Å². The minimum Gasteiger partial charge on any atom is -0.395 e. The molecule has 0 bridgehead atoms. The quantitative estimate of drug-likeness (QED) is 0.685. The molecule has 0 saturated heterocycles. The molecule has 0 radical (unpaired) electrons. The van der Waals surface area contributed by atoms with Crippen LogP contribution >= 0.6 is 0 Å². The van der Waals surface area contributed by atoms with Gasteiger partial charge in [0.25, 0.3) is 0 Å². The first-order valence-electron chi connectivity index (χ1n) is 5.90. The zero-order chi connectivity index (χ0) is 13.2. The summed E-state index contributed by atoms with van der Waals surface area (Å²) in [6.07, 6.45) is 1.74. The monoisotopic (exact) mass is 253 g/mol. The second-order valence-electron chi connectivity index (χ2n) is 4.20. The van der Waals surface area contributed by atoms with E-state index in [2.05, 4.69) is 10.3 Å². The predicted molar refractivity (Wildman–Crippen MR) is 75.8 cm³/mol. The maximum Gasteiger partial charge on any atom is 0.148 e. The number of rotatable bonds is 2. The number of nitrogens with zero attached hydrogens (tertiary/aromatic N) is 1. The number of nitrogens with one attached hydrogen (secondary N) is 1. The Morgan fingerprint density at radius 1 is 0.947 bits per heavy atom. The van der Waals surface area contributed by atoms with Gasteiger partial charge in [-0.1, -0.05) is 12.1 Å². The summed E-state index contributed by atoms with van der Waals surface area (Å²) < 4.78 is 13.4. The third kappa shape index (κ3) is 2.08. The molecular formula is C15H12FN3. The Labute approximate surface area is 109 Å². The number of para-hydroxylation sites is 1. The normalized spacial score (nSPS) is 10.6. The molecule has 19 heavy (non-hydrogen) atoms. The molecule has 0 aliphatic rings. The van der Waals surface area contributed by atoms with Crippen LogP contribution in [0.25, 0.3) is 10.9 Å². The maximum absolute atomic E-state index is 13.4. The summed E-state index contributed by atoms with van der Waals surface area (Å²) in [6, 6.07) is 14.3. The third-order valence-corrected chi connectivity index (χ3v) is 2.97. The maximum atomic E-state index is 13.4. The molecule has 3 N–H and O–H groups in total. The summed E-state index contributed by atoms with van der Waals surface area (Å²) in [5, 5.41) is 4.12. The van der Waals surface area contributed by atoms with E-state index in [9.17, 15) is 4.39 Å². The standard InChI is InChI=1S/C15H12FN3/c16-11-5-1-8-14(15(11)17)19-13-7-2-6-12-10(13)4-3-9-18-12/h1-9,19H,17H2. The zero-order valence-corrected chi connectivity index (χ0v) is 10.1. The minimum absolute atomic E-state index is 0.114. The predicted octanol–water partition coefficient (Wildman–Crippen LogP) is 3.70. The molecule has 3 nitrogen and oxygen atoms in total. The number of hydrogen-bond donors (Lipinski definition) is 2. The van der Waals surface area contributed by atoms with Crippen LogP contribution in [0, 0.1) is 5.82 Å².